The molecule has 0 bridgehead atoms. The summed E-state index contributed by atoms with van der Waals surface area (Å²) in [5.74, 6) is 6.53. The number of nitrogens with two attached hydrogens (primary N) is 1. The SMILES string of the molecule is CON.Cl.c1ccc(CSCc2ccccc2)cc1.c1ccc2[nH]ccc2c1. The van der Waals surface area contributed by atoms with Crippen LogP contribution in [0.2, 0.25) is 0 Å². The zero-order valence-corrected chi connectivity index (χ0v) is 17.6. The Labute approximate surface area is 177 Å². The van der Waals surface area contributed by atoms with Gasteiger partial charge in [0.1, 0.15) is 0 Å². The van der Waals surface area contributed by atoms with Gasteiger partial charge in [0.25, 0.3) is 0 Å². The predicted octanol–water partition coefficient (Wildman–Crippen LogP) is 6.22. The van der Waals surface area contributed by atoms with E-state index in [1.165, 1.54) is 29.1 Å². The molecular weight excluding hydrogens is 388 g/mol. The Morgan fingerprint density at radius 2 is 1.21 bits per heavy atom. The molecule has 0 aliphatic rings. The number of nitrogens with one attached hydrogen (secondary N) is 1. The fourth-order valence-corrected chi connectivity index (χ4v) is 3.39. The van der Waals surface area contributed by atoms with Crippen LogP contribution in [0.25, 0.3) is 10.9 Å². The molecular formula is C23H27ClN2OS. The van der Waals surface area contributed by atoms with Crippen molar-refractivity contribution in [3.05, 3.63) is 108 Å². The highest BCUT2D eigenvalue weighted by atomic mass is 35.5. The van der Waals surface area contributed by atoms with Gasteiger partial charge in [-0.05, 0) is 28.6 Å². The minimum absolute atomic E-state index is 0. The largest absolute Gasteiger partial charge is 0.361 e. The molecule has 0 radical (unpaired) electrons. The van der Waals surface area contributed by atoms with Crippen molar-refractivity contribution in [1.29, 1.82) is 0 Å². The Kier molecular flexibility index (Phi) is 12.6. The zero-order valence-electron chi connectivity index (χ0n) is 16.0. The number of hydrogen-bond donors (Lipinski definition) is 2. The van der Waals surface area contributed by atoms with Crippen molar-refractivity contribution in [1.82, 2.24) is 4.98 Å². The molecule has 4 rings (SSSR count). The van der Waals surface area contributed by atoms with Gasteiger partial charge in [-0.1, -0.05) is 78.9 Å². The molecule has 1 aromatic heterocycles. The summed E-state index contributed by atoms with van der Waals surface area (Å²) >= 11 is 1.96. The van der Waals surface area contributed by atoms with Crippen LogP contribution < -0.4 is 5.90 Å². The summed E-state index contributed by atoms with van der Waals surface area (Å²) in [6.45, 7) is 0. The second kappa shape index (κ2) is 14.8. The van der Waals surface area contributed by atoms with E-state index in [0.717, 1.165) is 11.5 Å². The van der Waals surface area contributed by atoms with Crippen LogP contribution in [0.4, 0.5) is 0 Å². The molecule has 4 aromatic rings. The summed E-state index contributed by atoms with van der Waals surface area (Å²) in [6, 6.07) is 31.5. The first-order chi connectivity index (χ1) is 13.3. The van der Waals surface area contributed by atoms with Gasteiger partial charge in [-0.3, -0.25) is 0 Å². The number of fused-ring (bicyclic) bond motifs is 1. The van der Waals surface area contributed by atoms with E-state index in [2.05, 4.69) is 94.6 Å². The summed E-state index contributed by atoms with van der Waals surface area (Å²) in [4.78, 5) is 6.87. The first-order valence-corrected chi connectivity index (χ1v) is 9.89. The third kappa shape index (κ3) is 9.11. The first-order valence-electron chi connectivity index (χ1n) is 8.74. The fraction of sp³-hybridized carbons (Fsp3) is 0.130. The topological polar surface area (TPSA) is 51.0 Å². The van der Waals surface area contributed by atoms with Gasteiger partial charge in [-0.25, -0.2) is 5.90 Å². The Morgan fingerprint density at radius 3 is 1.71 bits per heavy atom. The number of benzene rings is 3. The second-order valence-corrected chi connectivity index (χ2v) is 6.75. The summed E-state index contributed by atoms with van der Waals surface area (Å²) in [5, 5.41) is 1.28. The van der Waals surface area contributed by atoms with E-state index in [4.69, 9.17) is 0 Å². The molecule has 0 atom stereocenters. The van der Waals surface area contributed by atoms with Crippen LogP contribution in [-0.2, 0) is 16.3 Å². The third-order valence-electron chi connectivity index (χ3n) is 3.69. The fourth-order valence-electron chi connectivity index (χ4n) is 2.43. The molecule has 1 heterocycles. The van der Waals surface area contributed by atoms with Gasteiger partial charge in [0.2, 0.25) is 0 Å². The monoisotopic (exact) mass is 414 g/mol. The van der Waals surface area contributed by atoms with Crippen LogP contribution >= 0.6 is 24.2 Å². The van der Waals surface area contributed by atoms with Crippen molar-refractivity contribution in [2.24, 2.45) is 5.90 Å². The van der Waals surface area contributed by atoms with Crippen LogP contribution in [0.15, 0.2) is 97.2 Å². The lowest BCUT2D eigenvalue weighted by Crippen LogP contribution is -1.86. The number of rotatable bonds is 4. The minimum atomic E-state index is 0. The molecule has 0 unspecified atom stereocenters. The van der Waals surface area contributed by atoms with Gasteiger partial charge in [-0.15, -0.1) is 12.4 Å². The molecule has 3 nitrogen and oxygen atoms in total. The lowest BCUT2D eigenvalue weighted by molar-refractivity contribution is 0.206. The maximum atomic E-state index is 4.35. The van der Waals surface area contributed by atoms with Gasteiger partial charge in [0.05, 0.1) is 7.11 Å². The lowest BCUT2D eigenvalue weighted by atomic mass is 10.2. The van der Waals surface area contributed by atoms with Gasteiger partial charge >= 0.3 is 0 Å². The highest BCUT2D eigenvalue weighted by Gasteiger charge is 1.94. The molecule has 5 heteroatoms. The summed E-state index contributed by atoms with van der Waals surface area (Å²) in [6.07, 6.45) is 1.95. The van der Waals surface area contributed by atoms with Crippen LogP contribution in [-0.4, -0.2) is 12.1 Å². The standard InChI is InChI=1S/C14H14S.C8H7N.CH5NO.ClH/c1-3-7-13(8-4-1)11-15-12-14-9-5-2-6-10-14;1-2-4-8-7(3-1)5-6-9-8;1-3-2;/h1-10H,11-12H2;1-6,9H;2H2,1H3;1H. The number of hydrogen-bond acceptors (Lipinski definition) is 3. The highest BCUT2D eigenvalue weighted by Crippen LogP contribution is 2.17. The van der Waals surface area contributed by atoms with Gasteiger partial charge in [-0.2, -0.15) is 11.8 Å². The second-order valence-electron chi connectivity index (χ2n) is 5.76. The molecule has 148 valence electrons. The average Bonchev–Trinajstić information content (AvgIpc) is 3.20. The van der Waals surface area contributed by atoms with Crippen molar-refractivity contribution >= 4 is 35.1 Å². The quantitative estimate of drug-likeness (QED) is 0.390. The first kappa shape index (κ1) is 23.8. The number of para-hydroxylation sites is 1. The summed E-state index contributed by atoms with van der Waals surface area (Å²) in [7, 11) is 1.40. The Bertz CT molecular complexity index is 800. The molecule has 0 saturated heterocycles. The Balaban J connectivity index is 0.000000257. The third-order valence-corrected chi connectivity index (χ3v) is 4.76. The molecule has 0 aliphatic carbocycles. The molecule has 0 aliphatic heterocycles. The van der Waals surface area contributed by atoms with Gasteiger partial charge in [0, 0.05) is 23.2 Å². The molecule has 0 fully saturated rings. The highest BCUT2D eigenvalue weighted by molar-refractivity contribution is 7.97. The van der Waals surface area contributed by atoms with Crippen molar-refractivity contribution in [3.8, 4) is 0 Å². The van der Waals surface area contributed by atoms with Crippen LogP contribution in [0.1, 0.15) is 11.1 Å². The van der Waals surface area contributed by atoms with E-state index in [1.807, 2.05) is 30.1 Å². The minimum Gasteiger partial charge on any atom is -0.361 e. The Hall–Kier alpha value is -2.24. The van der Waals surface area contributed by atoms with E-state index in [9.17, 15) is 0 Å². The van der Waals surface area contributed by atoms with E-state index in [1.54, 1.807) is 0 Å². The van der Waals surface area contributed by atoms with Crippen LogP contribution in [0.3, 0.4) is 0 Å². The van der Waals surface area contributed by atoms with E-state index < -0.39 is 0 Å². The van der Waals surface area contributed by atoms with E-state index in [0.29, 0.717) is 0 Å². The molecule has 3 N–H and O–H groups in total. The smallest absolute Gasteiger partial charge is 0.0569 e. The van der Waals surface area contributed by atoms with E-state index in [-0.39, 0.29) is 12.4 Å². The number of halogens is 1. The average molecular weight is 415 g/mol. The normalized spacial score (nSPS) is 9.36. The Morgan fingerprint density at radius 1 is 0.750 bits per heavy atom. The molecule has 3 aromatic carbocycles. The maximum absolute atomic E-state index is 4.35. The maximum Gasteiger partial charge on any atom is 0.0569 e. The van der Waals surface area contributed by atoms with E-state index >= 15 is 0 Å². The zero-order chi connectivity index (χ0) is 19.2. The predicted molar refractivity (Wildman–Crippen MR) is 125 cm³/mol. The number of thioether (sulfide) groups is 1. The summed E-state index contributed by atoms with van der Waals surface area (Å²) in [5.41, 5.74) is 4.01. The number of aromatic nitrogens is 1. The molecule has 0 saturated carbocycles. The number of H-pyrrole nitrogens is 1. The lowest BCUT2D eigenvalue weighted by Gasteiger charge is -2.01. The molecule has 0 spiro atoms. The number of aromatic amines is 1. The van der Waals surface area contributed by atoms with Crippen LogP contribution in [0.5, 0.6) is 0 Å². The molecule has 0 amide bonds. The van der Waals surface area contributed by atoms with Crippen LogP contribution in [0, 0.1) is 0 Å². The van der Waals surface area contributed by atoms with Crippen molar-refractivity contribution in [3.63, 3.8) is 0 Å². The molecule has 28 heavy (non-hydrogen) atoms. The van der Waals surface area contributed by atoms with Gasteiger partial charge in [0.15, 0.2) is 0 Å². The summed E-state index contributed by atoms with van der Waals surface area (Å²) < 4.78 is 0. The van der Waals surface area contributed by atoms with Gasteiger partial charge < -0.3 is 9.82 Å². The van der Waals surface area contributed by atoms with Crippen molar-refractivity contribution in [2.75, 3.05) is 7.11 Å². The van der Waals surface area contributed by atoms with Crippen molar-refractivity contribution < 1.29 is 4.84 Å². The van der Waals surface area contributed by atoms with Crippen molar-refractivity contribution in [2.45, 2.75) is 11.5 Å².